The lowest BCUT2D eigenvalue weighted by Crippen LogP contribution is -2.27. The maximum atomic E-state index is 14.2. The Morgan fingerprint density at radius 3 is 2.41 bits per heavy atom. The van der Waals surface area contributed by atoms with Crippen molar-refractivity contribution in [3.8, 4) is 0 Å². The van der Waals surface area contributed by atoms with Gasteiger partial charge >= 0.3 is 0 Å². The van der Waals surface area contributed by atoms with E-state index < -0.39 is 17.5 Å². The molecule has 0 aliphatic heterocycles. The van der Waals surface area contributed by atoms with Crippen LogP contribution in [0.4, 0.5) is 10.1 Å². The van der Waals surface area contributed by atoms with Gasteiger partial charge in [0.2, 0.25) is 0 Å². The number of anilines is 1. The van der Waals surface area contributed by atoms with Crippen LogP contribution in [0.15, 0.2) is 71.5 Å². The van der Waals surface area contributed by atoms with Crippen LogP contribution in [0.25, 0.3) is 10.8 Å². The van der Waals surface area contributed by atoms with Gasteiger partial charge in [-0.1, -0.05) is 41.9 Å². The summed E-state index contributed by atoms with van der Waals surface area (Å²) in [5.74, 6) is -1.93. The number of benzene rings is 3. The normalized spacial score (nSPS) is 10.8. The highest BCUT2D eigenvalue weighted by Gasteiger charge is 2.21. The summed E-state index contributed by atoms with van der Waals surface area (Å²) in [5.41, 5.74) is -0.243. The Kier molecular flexibility index (Phi) is 5.83. The molecule has 4 aromatic rings. The number of halogens is 2. The van der Waals surface area contributed by atoms with Crippen LogP contribution in [0.2, 0.25) is 5.02 Å². The fourth-order valence-electron chi connectivity index (χ4n) is 3.40. The molecule has 0 fully saturated rings. The van der Waals surface area contributed by atoms with E-state index in [4.69, 9.17) is 11.6 Å². The maximum absolute atomic E-state index is 14.2. The van der Waals surface area contributed by atoms with Crippen LogP contribution in [-0.2, 0) is 6.54 Å². The molecule has 6 nitrogen and oxygen atoms in total. The Balaban J connectivity index is 1.79. The average Bonchev–Trinajstić information content (AvgIpc) is 2.80. The minimum Gasteiger partial charge on any atom is -0.320 e. The lowest BCUT2D eigenvalue weighted by Gasteiger charge is -2.13. The number of carbonyl (C=O) groups excluding carboxylic acids is 2. The van der Waals surface area contributed by atoms with Crippen LogP contribution < -0.4 is 10.9 Å². The molecule has 0 spiro atoms. The van der Waals surface area contributed by atoms with Gasteiger partial charge in [-0.3, -0.25) is 14.4 Å². The van der Waals surface area contributed by atoms with Crippen LogP contribution in [-0.4, -0.2) is 21.5 Å². The molecule has 0 aliphatic carbocycles. The third-order valence-electron chi connectivity index (χ3n) is 4.98. The molecule has 1 heterocycles. The Morgan fingerprint density at radius 1 is 1.00 bits per heavy atom. The molecule has 32 heavy (non-hydrogen) atoms. The number of aromatic nitrogens is 2. The highest BCUT2D eigenvalue weighted by Crippen LogP contribution is 2.26. The minimum atomic E-state index is -0.683. The predicted molar refractivity (Wildman–Crippen MR) is 121 cm³/mol. The van der Waals surface area contributed by atoms with E-state index in [1.54, 1.807) is 37.3 Å². The fraction of sp³-hybridized carbons (Fsp3) is 0.0833. The van der Waals surface area contributed by atoms with Gasteiger partial charge < -0.3 is 5.32 Å². The molecule has 0 radical (unpaired) electrons. The number of hydrogen-bond acceptors (Lipinski definition) is 4. The van der Waals surface area contributed by atoms with Gasteiger partial charge in [0.15, 0.2) is 11.5 Å². The van der Waals surface area contributed by atoms with E-state index in [2.05, 4.69) is 10.4 Å². The zero-order chi connectivity index (χ0) is 22.8. The smallest absolute Gasteiger partial charge is 0.276 e. The number of rotatable bonds is 5. The van der Waals surface area contributed by atoms with E-state index in [0.717, 1.165) is 0 Å². The summed E-state index contributed by atoms with van der Waals surface area (Å²) < 4.78 is 15.4. The number of nitrogens with one attached hydrogen (secondary N) is 1. The Labute approximate surface area is 187 Å². The second-order valence-electron chi connectivity index (χ2n) is 6.97. The van der Waals surface area contributed by atoms with E-state index in [1.807, 2.05) is 0 Å². The molecule has 0 atom stereocenters. The van der Waals surface area contributed by atoms with Gasteiger partial charge in [-0.05, 0) is 43.3 Å². The van der Waals surface area contributed by atoms with Crippen LogP contribution >= 0.6 is 11.6 Å². The summed E-state index contributed by atoms with van der Waals surface area (Å²) in [6.45, 7) is 2.02. The van der Waals surface area contributed by atoms with Gasteiger partial charge in [0.25, 0.3) is 11.5 Å². The number of amides is 1. The van der Waals surface area contributed by atoms with E-state index >= 15 is 0 Å². The Hall–Kier alpha value is -3.84. The van der Waals surface area contributed by atoms with E-state index in [-0.39, 0.29) is 39.6 Å². The average molecular weight is 450 g/mol. The van der Waals surface area contributed by atoms with Gasteiger partial charge in [0.1, 0.15) is 5.82 Å². The molecule has 1 aromatic heterocycles. The first-order valence-electron chi connectivity index (χ1n) is 9.80. The van der Waals surface area contributed by atoms with Gasteiger partial charge in [0.05, 0.1) is 16.6 Å². The predicted octanol–water partition coefficient (Wildman–Crippen LogP) is 4.69. The lowest BCUT2D eigenvalue weighted by atomic mass is 10.0. The molecule has 0 bridgehead atoms. The molecular formula is C24H17ClFN3O3. The standard InChI is InChI=1S/C24H17ClFN3O3/c1-2-29-24(32)16-8-4-3-7-15(16)21(28-29)23(31)27-20-12-11-14(25)13-18(20)22(30)17-9-5-6-10-19(17)26/h3-13H,2H2,1H3,(H,27,31). The molecule has 0 saturated heterocycles. The molecule has 0 aliphatic rings. The van der Waals surface area contributed by atoms with Crippen molar-refractivity contribution in [2.45, 2.75) is 13.5 Å². The minimum absolute atomic E-state index is 0.0290. The van der Waals surface area contributed by atoms with Crippen molar-refractivity contribution in [1.29, 1.82) is 0 Å². The number of aryl methyl sites for hydroxylation is 1. The summed E-state index contributed by atoms with van der Waals surface area (Å²) in [4.78, 5) is 38.7. The first kappa shape index (κ1) is 21.4. The fourth-order valence-corrected chi connectivity index (χ4v) is 3.57. The number of fused-ring (bicyclic) bond motifs is 1. The second-order valence-corrected chi connectivity index (χ2v) is 7.40. The molecule has 4 rings (SSSR count). The zero-order valence-corrected chi connectivity index (χ0v) is 17.7. The van der Waals surface area contributed by atoms with Gasteiger partial charge in [0, 0.05) is 22.5 Å². The van der Waals surface area contributed by atoms with E-state index in [9.17, 15) is 18.8 Å². The second kappa shape index (κ2) is 8.72. The molecule has 0 saturated carbocycles. The maximum Gasteiger partial charge on any atom is 0.276 e. The summed E-state index contributed by atoms with van der Waals surface area (Å²) in [6, 6.07) is 16.6. The van der Waals surface area contributed by atoms with E-state index in [0.29, 0.717) is 10.8 Å². The molecule has 0 unspecified atom stereocenters. The van der Waals surface area contributed by atoms with Crippen molar-refractivity contribution >= 4 is 39.8 Å². The Morgan fingerprint density at radius 2 is 1.69 bits per heavy atom. The molecule has 1 N–H and O–H groups in total. The first-order chi connectivity index (χ1) is 15.4. The summed E-state index contributed by atoms with van der Waals surface area (Å²) >= 11 is 6.07. The number of ketones is 1. The van der Waals surface area contributed by atoms with Crippen molar-refractivity contribution in [1.82, 2.24) is 9.78 Å². The highest BCUT2D eigenvalue weighted by molar-refractivity contribution is 6.31. The van der Waals surface area contributed by atoms with Gasteiger partial charge in [-0.2, -0.15) is 5.10 Å². The number of carbonyl (C=O) groups is 2. The lowest BCUT2D eigenvalue weighted by molar-refractivity contribution is 0.102. The number of nitrogens with zero attached hydrogens (tertiary/aromatic N) is 2. The third-order valence-corrected chi connectivity index (χ3v) is 5.21. The first-order valence-corrected chi connectivity index (χ1v) is 10.2. The van der Waals surface area contributed by atoms with Crippen LogP contribution in [0.1, 0.15) is 33.3 Å². The zero-order valence-electron chi connectivity index (χ0n) is 16.9. The summed E-state index contributed by atoms with van der Waals surface area (Å²) in [7, 11) is 0. The number of hydrogen-bond donors (Lipinski definition) is 1. The van der Waals surface area contributed by atoms with E-state index in [1.165, 1.54) is 41.1 Å². The van der Waals surface area contributed by atoms with Crippen molar-refractivity contribution in [2.75, 3.05) is 5.32 Å². The SMILES string of the molecule is CCn1nc(C(=O)Nc2ccc(Cl)cc2C(=O)c2ccccc2F)c2ccccc2c1=O. The highest BCUT2D eigenvalue weighted by atomic mass is 35.5. The molecular weight excluding hydrogens is 433 g/mol. The van der Waals surface area contributed by atoms with Gasteiger partial charge in [-0.15, -0.1) is 0 Å². The van der Waals surface area contributed by atoms with Crippen LogP contribution in [0.3, 0.4) is 0 Å². The molecule has 160 valence electrons. The molecule has 3 aromatic carbocycles. The molecule has 1 amide bonds. The van der Waals surface area contributed by atoms with Crippen molar-refractivity contribution in [2.24, 2.45) is 0 Å². The van der Waals surface area contributed by atoms with Gasteiger partial charge in [-0.25, -0.2) is 9.07 Å². The van der Waals surface area contributed by atoms with Crippen molar-refractivity contribution in [3.05, 3.63) is 105 Å². The van der Waals surface area contributed by atoms with Crippen molar-refractivity contribution in [3.63, 3.8) is 0 Å². The quantitative estimate of drug-likeness (QED) is 0.448. The van der Waals surface area contributed by atoms with Crippen molar-refractivity contribution < 1.29 is 14.0 Å². The van der Waals surface area contributed by atoms with Crippen LogP contribution in [0, 0.1) is 5.82 Å². The third kappa shape index (κ3) is 3.90. The Bertz CT molecular complexity index is 1430. The summed E-state index contributed by atoms with van der Waals surface area (Å²) in [5, 5.41) is 7.86. The molecule has 8 heteroatoms. The monoisotopic (exact) mass is 449 g/mol. The van der Waals surface area contributed by atoms with Crippen LogP contribution in [0.5, 0.6) is 0 Å². The largest absolute Gasteiger partial charge is 0.320 e. The summed E-state index contributed by atoms with van der Waals surface area (Å²) in [6.07, 6.45) is 0. The topological polar surface area (TPSA) is 81.1 Å².